The van der Waals surface area contributed by atoms with E-state index in [9.17, 15) is 4.79 Å². The topological polar surface area (TPSA) is 17.1 Å². The molecule has 0 bridgehead atoms. The molecule has 3 heteroatoms. The van der Waals surface area contributed by atoms with Crippen LogP contribution in [0.25, 0.3) is 0 Å². The van der Waals surface area contributed by atoms with E-state index >= 15 is 0 Å². The van der Waals surface area contributed by atoms with Crippen LogP contribution in [-0.4, -0.2) is 5.78 Å². The quantitative estimate of drug-likeness (QED) is 0.769. The van der Waals surface area contributed by atoms with Gasteiger partial charge in [0.15, 0.2) is 0 Å². The highest BCUT2D eigenvalue weighted by Gasteiger charge is 2.22. The zero-order chi connectivity index (χ0) is 10.8. The van der Waals surface area contributed by atoms with Crippen molar-refractivity contribution in [2.45, 2.75) is 25.7 Å². The number of Topliss-reactive ketones (excluding diaryl/α,β-unsaturated/α-hetero) is 1. The molecule has 1 unspecified atom stereocenters. The van der Waals surface area contributed by atoms with Crippen molar-refractivity contribution < 1.29 is 4.79 Å². The number of carbonyl (C=O) groups is 1. The third-order valence-electron chi connectivity index (χ3n) is 2.86. The monoisotopic (exact) mass is 242 g/mol. The minimum Gasteiger partial charge on any atom is -0.300 e. The molecule has 2 rings (SSSR count). The first kappa shape index (κ1) is 11.0. The van der Waals surface area contributed by atoms with Gasteiger partial charge < -0.3 is 0 Å². The van der Waals surface area contributed by atoms with Crippen LogP contribution in [-0.2, 0) is 11.2 Å². The molecule has 1 nitrogen and oxygen atoms in total. The first-order valence-corrected chi connectivity index (χ1v) is 5.86. The largest absolute Gasteiger partial charge is 0.300 e. The average molecular weight is 243 g/mol. The van der Waals surface area contributed by atoms with Gasteiger partial charge in [-0.25, -0.2) is 0 Å². The highest BCUT2D eigenvalue weighted by atomic mass is 35.5. The minimum absolute atomic E-state index is 0.389. The Morgan fingerprint density at radius 2 is 2.07 bits per heavy atom. The Hall–Kier alpha value is -0.530. The van der Waals surface area contributed by atoms with Gasteiger partial charge >= 0.3 is 0 Å². The minimum atomic E-state index is 0.389. The van der Waals surface area contributed by atoms with E-state index in [2.05, 4.69) is 0 Å². The molecular weight excluding hydrogens is 231 g/mol. The van der Waals surface area contributed by atoms with Crippen molar-refractivity contribution in [3.05, 3.63) is 33.8 Å². The van der Waals surface area contributed by atoms with Crippen molar-refractivity contribution in [3.8, 4) is 0 Å². The summed E-state index contributed by atoms with van der Waals surface area (Å²) in [6.07, 6.45) is 3.41. The molecule has 0 aromatic heterocycles. The van der Waals surface area contributed by atoms with E-state index in [0.717, 1.165) is 25.7 Å². The summed E-state index contributed by atoms with van der Waals surface area (Å²) in [4.78, 5) is 11.1. The summed E-state index contributed by atoms with van der Waals surface area (Å²) in [6.45, 7) is 0. The molecule has 1 aromatic carbocycles. The molecule has 1 atom stereocenters. The molecule has 0 N–H and O–H groups in total. The van der Waals surface area contributed by atoms with Crippen LogP contribution in [0, 0.1) is 5.92 Å². The number of benzene rings is 1. The van der Waals surface area contributed by atoms with E-state index in [-0.39, 0.29) is 0 Å². The maximum Gasteiger partial charge on any atom is 0.133 e. The number of halogens is 2. The van der Waals surface area contributed by atoms with E-state index in [1.54, 1.807) is 0 Å². The Balaban J connectivity index is 2.05. The van der Waals surface area contributed by atoms with Gasteiger partial charge in [-0.05, 0) is 36.5 Å². The van der Waals surface area contributed by atoms with Gasteiger partial charge in [-0.1, -0.05) is 29.3 Å². The van der Waals surface area contributed by atoms with Crippen LogP contribution in [0.5, 0.6) is 0 Å². The Labute approximate surface area is 99.4 Å². The summed E-state index contributed by atoms with van der Waals surface area (Å²) in [5, 5.41) is 1.18. The molecular formula is C12H12Cl2O. The van der Waals surface area contributed by atoms with Crippen LogP contribution in [0.2, 0.25) is 10.0 Å². The highest BCUT2D eigenvalue weighted by molar-refractivity contribution is 6.42. The molecule has 0 amide bonds. The number of rotatable bonds is 2. The van der Waals surface area contributed by atoms with Gasteiger partial charge in [0.05, 0.1) is 10.0 Å². The second-order valence-corrected chi connectivity index (χ2v) is 4.91. The van der Waals surface area contributed by atoms with Gasteiger partial charge in [0, 0.05) is 12.8 Å². The van der Waals surface area contributed by atoms with Crippen LogP contribution in [0.4, 0.5) is 0 Å². The molecule has 15 heavy (non-hydrogen) atoms. The lowest BCUT2D eigenvalue weighted by Gasteiger charge is -2.08. The fourth-order valence-corrected chi connectivity index (χ4v) is 2.39. The zero-order valence-electron chi connectivity index (χ0n) is 8.30. The molecule has 1 aliphatic rings. The van der Waals surface area contributed by atoms with E-state index in [4.69, 9.17) is 23.2 Å². The van der Waals surface area contributed by atoms with Crippen molar-refractivity contribution in [1.82, 2.24) is 0 Å². The van der Waals surface area contributed by atoms with Gasteiger partial charge in [-0.3, -0.25) is 4.79 Å². The van der Waals surface area contributed by atoms with Gasteiger partial charge in [-0.2, -0.15) is 0 Å². The van der Waals surface area contributed by atoms with Crippen molar-refractivity contribution >= 4 is 29.0 Å². The summed E-state index contributed by atoms with van der Waals surface area (Å²) in [5.41, 5.74) is 1.17. The standard InChI is InChI=1S/C12H12Cl2O/c13-11-4-2-9(7-12(11)14)5-8-1-3-10(15)6-8/h2,4,7-8H,1,3,5-6H2. The summed E-state index contributed by atoms with van der Waals surface area (Å²) >= 11 is 11.8. The van der Waals surface area contributed by atoms with Crippen molar-refractivity contribution in [2.75, 3.05) is 0 Å². The molecule has 1 saturated carbocycles. The fourth-order valence-electron chi connectivity index (χ4n) is 2.07. The molecule has 1 fully saturated rings. The van der Waals surface area contributed by atoms with Crippen molar-refractivity contribution in [1.29, 1.82) is 0 Å². The van der Waals surface area contributed by atoms with Crippen LogP contribution < -0.4 is 0 Å². The summed E-state index contributed by atoms with van der Waals surface area (Å²) in [7, 11) is 0. The van der Waals surface area contributed by atoms with Gasteiger partial charge in [0.1, 0.15) is 5.78 Å². The third kappa shape index (κ3) is 2.73. The predicted octanol–water partition coefficient (Wildman–Crippen LogP) is 3.91. The van der Waals surface area contributed by atoms with Gasteiger partial charge in [0.25, 0.3) is 0 Å². The molecule has 80 valence electrons. The van der Waals surface area contributed by atoms with E-state index in [1.807, 2.05) is 18.2 Å². The summed E-state index contributed by atoms with van der Waals surface area (Å²) in [5.74, 6) is 0.884. The van der Waals surface area contributed by atoms with Crippen LogP contribution in [0.15, 0.2) is 18.2 Å². The molecule has 0 spiro atoms. The Morgan fingerprint density at radius 3 is 2.67 bits per heavy atom. The molecule has 0 aliphatic heterocycles. The summed E-state index contributed by atoms with van der Waals surface area (Å²) < 4.78 is 0. The van der Waals surface area contributed by atoms with Crippen LogP contribution >= 0.6 is 23.2 Å². The second kappa shape index (κ2) is 4.54. The lowest BCUT2D eigenvalue weighted by Crippen LogP contribution is -2.00. The Bertz CT molecular complexity index is 387. The van der Waals surface area contributed by atoms with Crippen molar-refractivity contribution in [2.24, 2.45) is 5.92 Å². The number of hydrogen-bond acceptors (Lipinski definition) is 1. The maximum absolute atomic E-state index is 11.1. The molecule has 1 aromatic rings. The molecule has 0 saturated heterocycles. The molecule has 0 heterocycles. The average Bonchev–Trinajstić information content (AvgIpc) is 2.58. The number of hydrogen-bond donors (Lipinski definition) is 0. The zero-order valence-corrected chi connectivity index (χ0v) is 9.81. The molecule has 0 radical (unpaired) electrons. The van der Waals surface area contributed by atoms with E-state index in [0.29, 0.717) is 21.7 Å². The second-order valence-electron chi connectivity index (χ2n) is 4.10. The van der Waals surface area contributed by atoms with E-state index in [1.165, 1.54) is 5.56 Å². The van der Waals surface area contributed by atoms with E-state index < -0.39 is 0 Å². The van der Waals surface area contributed by atoms with Gasteiger partial charge in [-0.15, -0.1) is 0 Å². The number of carbonyl (C=O) groups excluding carboxylic acids is 1. The van der Waals surface area contributed by atoms with Crippen molar-refractivity contribution in [3.63, 3.8) is 0 Å². The smallest absolute Gasteiger partial charge is 0.133 e. The van der Waals surface area contributed by atoms with Crippen LogP contribution in [0.3, 0.4) is 0 Å². The van der Waals surface area contributed by atoms with Gasteiger partial charge in [0.2, 0.25) is 0 Å². The fraction of sp³-hybridized carbons (Fsp3) is 0.417. The lowest BCUT2D eigenvalue weighted by molar-refractivity contribution is -0.117. The predicted molar refractivity (Wildman–Crippen MR) is 62.5 cm³/mol. The SMILES string of the molecule is O=C1CCC(Cc2ccc(Cl)c(Cl)c2)C1. The van der Waals surface area contributed by atoms with Crippen LogP contribution in [0.1, 0.15) is 24.8 Å². The first-order chi connectivity index (χ1) is 7.15. The normalized spacial score (nSPS) is 20.9. The number of ketones is 1. The highest BCUT2D eigenvalue weighted by Crippen LogP contribution is 2.28. The Morgan fingerprint density at radius 1 is 1.27 bits per heavy atom. The maximum atomic E-state index is 11.1. The molecule has 1 aliphatic carbocycles. The lowest BCUT2D eigenvalue weighted by atomic mass is 9.98. The third-order valence-corrected chi connectivity index (χ3v) is 3.60. The first-order valence-electron chi connectivity index (χ1n) is 5.11. The Kier molecular flexibility index (Phi) is 3.32. The summed E-state index contributed by atoms with van der Waals surface area (Å²) in [6, 6.07) is 5.69.